The monoisotopic (exact) mass is 286 g/mol. The zero-order valence-corrected chi connectivity index (χ0v) is 10.7. The molecule has 0 aliphatic rings. The zero-order chi connectivity index (χ0) is 14.8. The van der Waals surface area contributed by atoms with Crippen LogP contribution in [0.4, 0.5) is 0 Å². The lowest BCUT2D eigenvalue weighted by Crippen LogP contribution is -2.12. The highest BCUT2D eigenvalue weighted by molar-refractivity contribution is 5.70. The fourth-order valence-electron chi connectivity index (χ4n) is 1.81. The number of carboxylic acid groups (broad SMARTS) is 1. The smallest absolute Gasteiger partial charge is 0.364 e. The van der Waals surface area contributed by atoms with Gasteiger partial charge in [0.2, 0.25) is 5.88 Å². The second-order valence-electron chi connectivity index (χ2n) is 4.29. The Morgan fingerprint density at radius 2 is 2.00 bits per heavy atom. The third kappa shape index (κ3) is 2.73. The minimum absolute atomic E-state index is 0.0467. The Morgan fingerprint density at radius 3 is 2.71 bits per heavy atom. The van der Waals surface area contributed by atoms with Gasteiger partial charge in [0.15, 0.2) is 5.65 Å². The Kier molecular flexibility index (Phi) is 3.11. The molecule has 0 atom stereocenters. The maximum Gasteiger partial charge on any atom is 0.364 e. The number of carbonyl (C=O) groups is 1. The minimum Gasteiger partial charge on any atom is -0.481 e. The molecule has 0 bridgehead atoms. The van der Waals surface area contributed by atoms with Gasteiger partial charge in [-0.25, -0.2) is 9.89 Å². The Bertz CT molecular complexity index is 850. The number of H-pyrrole nitrogens is 1. The molecule has 2 N–H and O–H groups in total. The van der Waals surface area contributed by atoms with Crippen molar-refractivity contribution >= 4 is 11.6 Å². The highest BCUT2D eigenvalue weighted by atomic mass is 16.5. The first-order chi connectivity index (χ1) is 10.1. The van der Waals surface area contributed by atoms with Crippen molar-refractivity contribution < 1.29 is 14.6 Å². The SMILES string of the molecule is O=C(O)Cc1ccc(Oc2ccc3n[nH]c(=O)n3n2)cc1. The number of carboxylic acids is 1. The fraction of sp³-hybridized carbons (Fsp3) is 0.0769. The van der Waals surface area contributed by atoms with Gasteiger partial charge < -0.3 is 9.84 Å². The van der Waals surface area contributed by atoms with E-state index in [1.54, 1.807) is 36.4 Å². The van der Waals surface area contributed by atoms with Crippen LogP contribution in [-0.4, -0.2) is 30.9 Å². The summed E-state index contributed by atoms with van der Waals surface area (Å²) in [5, 5.41) is 18.7. The van der Waals surface area contributed by atoms with Gasteiger partial charge in [-0.05, 0) is 23.8 Å². The molecular weight excluding hydrogens is 276 g/mol. The number of fused-ring (bicyclic) bond motifs is 1. The molecule has 21 heavy (non-hydrogen) atoms. The second kappa shape index (κ2) is 5.08. The van der Waals surface area contributed by atoms with Gasteiger partial charge in [-0.3, -0.25) is 4.79 Å². The first-order valence-corrected chi connectivity index (χ1v) is 6.05. The molecule has 0 aliphatic heterocycles. The van der Waals surface area contributed by atoms with E-state index in [-0.39, 0.29) is 12.3 Å². The first kappa shape index (κ1) is 12.9. The number of rotatable bonds is 4. The predicted molar refractivity (Wildman–Crippen MR) is 71.5 cm³/mol. The summed E-state index contributed by atoms with van der Waals surface area (Å²) in [5.41, 5.74) is 0.612. The molecular formula is C13H10N4O4. The van der Waals surface area contributed by atoms with Crippen molar-refractivity contribution in [1.82, 2.24) is 19.8 Å². The van der Waals surface area contributed by atoms with E-state index < -0.39 is 11.7 Å². The summed E-state index contributed by atoms with van der Waals surface area (Å²) in [6.07, 6.45) is -0.0467. The molecule has 8 heteroatoms. The van der Waals surface area contributed by atoms with E-state index in [0.29, 0.717) is 17.0 Å². The highest BCUT2D eigenvalue weighted by Gasteiger charge is 2.05. The van der Waals surface area contributed by atoms with Crippen LogP contribution in [0.3, 0.4) is 0 Å². The summed E-state index contributed by atoms with van der Waals surface area (Å²) in [6.45, 7) is 0. The summed E-state index contributed by atoms with van der Waals surface area (Å²) in [7, 11) is 0. The topological polar surface area (TPSA) is 110 Å². The number of aromatic nitrogens is 4. The van der Waals surface area contributed by atoms with Crippen LogP contribution in [0.1, 0.15) is 5.56 Å². The van der Waals surface area contributed by atoms with Gasteiger partial charge in [-0.15, -0.1) is 5.10 Å². The fourth-order valence-corrected chi connectivity index (χ4v) is 1.81. The van der Waals surface area contributed by atoms with Crippen molar-refractivity contribution in [2.75, 3.05) is 0 Å². The molecule has 0 saturated heterocycles. The van der Waals surface area contributed by atoms with Crippen molar-refractivity contribution in [2.45, 2.75) is 6.42 Å². The summed E-state index contributed by atoms with van der Waals surface area (Å²) in [6, 6.07) is 9.78. The number of aliphatic carboxylic acids is 1. The summed E-state index contributed by atoms with van der Waals surface area (Å²) in [4.78, 5) is 22.0. The van der Waals surface area contributed by atoms with Gasteiger partial charge in [0.25, 0.3) is 0 Å². The number of aromatic amines is 1. The Balaban J connectivity index is 1.82. The third-order valence-corrected chi connectivity index (χ3v) is 2.75. The molecule has 0 spiro atoms. The van der Waals surface area contributed by atoms with Gasteiger partial charge in [-0.1, -0.05) is 12.1 Å². The predicted octanol–water partition coefficient (Wildman–Crippen LogP) is 0.837. The van der Waals surface area contributed by atoms with Crippen molar-refractivity contribution in [2.24, 2.45) is 0 Å². The lowest BCUT2D eigenvalue weighted by atomic mass is 10.1. The van der Waals surface area contributed by atoms with Crippen molar-refractivity contribution in [3.63, 3.8) is 0 Å². The van der Waals surface area contributed by atoms with E-state index in [2.05, 4.69) is 15.3 Å². The molecule has 0 saturated carbocycles. The van der Waals surface area contributed by atoms with Crippen LogP contribution in [0.15, 0.2) is 41.2 Å². The molecule has 0 amide bonds. The second-order valence-corrected chi connectivity index (χ2v) is 4.29. The molecule has 3 rings (SSSR count). The molecule has 2 heterocycles. The number of ether oxygens (including phenoxy) is 1. The van der Waals surface area contributed by atoms with E-state index >= 15 is 0 Å². The van der Waals surface area contributed by atoms with Gasteiger partial charge in [0.1, 0.15) is 5.75 Å². The Morgan fingerprint density at radius 1 is 1.24 bits per heavy atom. The maximum atomic E-state index is 11.4. The van der Waals surface area contributed by atoms with Gasteiger partial charge in [0.05, 0.1) is 6.42 Å². The number of hydrogen-bond donors (Lipinski definition) is 2. The van der Waals surface area contributed by atoms with Crippen LogP contribution in [0.5, 0.6) is 11.6 Å². The Labute approximate surface area is 117 Å². The Hall–Kier alpha value is -3.16. The molecule has 1 aromatic carbocycles. The summed E-state index contributed by atoms with van der Waals surface area (Å²) >= 11 is 0. The van der Waals surface area contributed by atoms with Crippen LogP contribution in [0.25, 0.3) is 5.65 Å². The van der Waals surface area contributed by atoms with Gasteiger partial charge in [-0.2, -0.15) is 9.61 Å². The van der Waals surface area contributed by atoms with E-state index in [1.165, 1.54) is 0 Å². The van der Waals surface area contributed by atoms with Gasteiger partial charge in [0, 0.05) is 6.07 Å². The van der Waals surface area contributed by atoms with Crippen molar-refractivity contribution in [3.8, 4) is 11.6 Å². The van der Waals surface area contributed by atoms with Crippen LogP contribution in [0.2, 0.25) is 0 Å². The highest BCUT2D eigenvalue weighted by Crippen LogP contribution is 2.19. The van der Waals surface area contributed by atoms with Crippen LogP contribution in [-0.2, 0) is 11.2 Å². The maximum absolute atomic E-state index is 11.4. The summed E-state index contributed by atoms with van der Waals surface area (Å²) < 4.78 is 6.60. The number of nitrogens with zero attached hydrogens (tertiary/aromatic N) is 3. The lowest BCUT2D eigenvalue weighted by Gasteiger charge is -2.05. The normalized spacial score (nSPS) is 10.7. The number of nitrogens with one attached hydrogen (secondary N) is 1. The van der Waals surface area contributed by atoms with Crippen LogP contribution < -0.4 is 10.4 Å². The van der Waals surface area contributed by atoms with E-state index in [0.717, 1.165) is 4.52 Å². The molecule has 3 aromatic rings. The molecule has 0 aliphatic carbocycles. The lowest BCUT2D eigenvalue weighted by molar-refractivity contribution is -0.136. The standard InChI is InChI=1S/C13H10N4O4/c18-12(19)7-8-1-3-9(4-2-8)21-11-6-5-10-14-15-13(20)17(10)16-11/h1-6H,7H2,(H,15,20)(H,18,19). The van der Waals surface area contributed by atoms with E-state index in [1.807, 2.05) is 0 Å². The largest absolute Gasteiger partial charge is 0.481 e. The van der Waals surface area contributed by atoms with E-state index in [4.69, 9.17) is 9.84 Å². The van der Waals surface area contributed by atoms with Gasteiger partial charge >= 0.3 is 11.7 Å². The van der Waals surface area contributed by atoms with E-state index in [9.17, 15) is 9.59 Å². The zero-order valence-electron chi connectivity index (χ0n) is 10.7. The number of benzene rings is 1. The molecule has 2 aromatic heterocycles. The van der Waals surface area contributed by atoms with Crippen LogP contribution in [0, 0.1) is 0 Å². The van der Waals surface area contributed by atoms with Crippen molar-refractivity contribution in [1.29, 1.82) is 0 Å². The van der Waals surface area contributed by atoms with Crippen LogP contribution >= 0.6 is 0 Å². The first-order valence-electron chi connectivity index (χ1n) is 6.05. The third-order valence-electron chi connectivity index (χ3n) is 2.75. The number of hydrogen-bond acceptors (Lipinski definition) is 5. The molecule has 0 unspecified atom stereocenters. The molecule has 106 valence electrons. The summed E-state index contributed by atoms with van der Waals surface area (Å²) in [5.74, 6) is -0.167. The minimum atomic E-state index is -0.893. The molecule has 0 radical (unpaired) electrons. The average Bonchev–Trinajstić information content (AvgIpc) is 2.82. The molecule has 0 fully saturated rings. The quantitative estimate of drug-likeness (QED) is 0.735. The van der Waals surface area contributed by atoms with Crippen molar-refractivity contribution in [3.05, 3.63) is 52.4 Å². The molecule has 8 nitrogen and oxygen atoms in total. The average molecular weight is 286 g/mol.